The van der Waals surface area contributed by atoms with Crippen LogP contribution in [0.1, 0.15) is 63.5 Å². The van der Waals surface area contributed by atoms with Crippen molar-refractivity contribution in [1.82, 2.24) is 9.80 Å². The summed E-state index contributed by atoms with van der Waals surface area (Å²) in [7, 11) is 2.24. The van der Waals surface area contributed by atoms with Gasteiger partial charge in [-0.1, -0.05) is 31.2 Å². The Morgan fingerprint density at radius 2 is 1.89 bits per heavy atom. The summed E-state index contributed by atoms with van der Waals surface area (Å²) in [4.78, 5) is 25.2. The summed E-state index contributed by atoms with van der Waals surface area (Å²) in [5.41, 5.74) is 3.15. The van der Waals surface area contributed by atoms with Crippen LogP contribution in [0.2, 0.25) is 0 Å². The van der Waals surface area contributed by atoms with Gasteiger partial charge in [0.1, 0.15) is 6.04 Å². The van der Waals surface area contributed by atoms with E-state index >= 15 is 0 Å². The Hall–Kier alpha value is -1.88. The van der Waals surface area contributed by atoms with Crippen molar-refractivity contribution in [2.24, 2.45) is 0 Å². The number of carboxylic acids is 1. The number of aryl methyl sites for hydroxylation is 1. The first-order chi connectivity index (χ1) is 12.8. The molecule has 0 spiro atoms. The molecule has 1 N–H and O–H groups in total. The van der Waals surface area contributed by atoms with Crippen molar-refractivity contribution in [2.75, 3.05) is 20.1 Å². The third kappa shape index (κ3) is 5.55. The molecule has 2 saturated heterocycles. The summed E-state index contributed by atoms with van der Waals surface area (Å²) < 4.78 is 0. The number of aliphatic carboxylic acids is 1. The number of nitrogens with zero attached hydrogens (tertiary/aromatic N) is 2. The molecule has 0 aromatic heterocycles. The van der Waals surface area contributed by atoms with Crippen LogP contribution >= 0.6 is 0 Å². The van der Waals surface area contributed by atoms with E-state index in [2.05, 4.69) is 50.1 Å². The zero-order valence-corrected chi connectivity index (χ0v) is 17.1. The number of carbonyl (C=O) groups excluding carboxylic acids is 1. The smallest absolute Gasteiger partial charge is 0.326 e. The molecule has 0 bridgehead atoms. The van der Waals surface area contributed by atoms with E-state index in [1.54, 1.807) is 11.1 Å². The van der Waals surface area contributed by atoms with Gasteiger partial charge in [0, 0.05) is 19.5 Å². The zero-order chi connectivity index (χ0) is 20.0. The van der Waals surface area contributed by atoms with Crippen LogP contribution in [0.15, 0.2) is 24.3 Å². The topological polar surface area (TPSA) is 60.9 Å². The molecule has 2 aliphatic heterocycles. The van der Waals surface area contributed by atoms with Gasteiger partial charge in [-0.05, 0) is 69.7 Å². The van der Waals surface area contributed by atoms with Crippen LogP contribution in [0.5, 0.6) is 0 Å². The summed E-state index contributed by atoms with van der Waals surface area (Å²) in [6, 6.07) is 9.13. The van der Waals surface area contributed by atoms with Gasteiger partial charge in [0.2, 0.25) is 5.91 Å². The van der Waals surface area contributed by atoms with E-state index in [9.17, 15) is 9.59 Å². The van der Waals surface area contributed by atoms with Crippen molar-refractivity contribution in [1.29, 1.82) is 0 Å². The Morgan fingerprint density at radius 3 is 2.44 bits per heavy atom. The monoisotopic (exact) mass is 374 g/mol. The summed E-state index contributed by atoms with van der Waals surface area (Å²) in [5, 5.41) is 8.64. The van der Waals surface area contributed by atoms with E-state index in [1.165, 1.54) is 31.2 Å². The average molecular weight is 375 g/mol. The number of benzene rings is 1. The van der Waals surface area contributed by atoms with E-state index in [-0.39, 0.29) is 5.91 Å². The van der Waals surface area contributed by atoms with E-state index in [4.69, 9.17) is 5.11 Å². The highest BCUT2D eigenvalue weighted by Crippen LogP contribution is 2.32. The van der Waals surface area contributed by atoms with E-state index in [0.717, 1.165) is 24.8 Å². The van der Waals surface area contributed by atoms with Crippen LogP contribution in [-0.2, 0) is 16.0 Å². The molecule has 27 heavy (non-hydrogen) atoms. The fourth-order valence-electron chi connectivity index (χ4n) is 4.23. The normalized spacial score (nSPS) is 25.6. The summed E-state index contributed by atoms with van der Waals surface area (Å²) in [6.07, 6.45) is 5.19. The van der Waals surface area contributed by atoms with Gasteiger partial charge < -0.3 is 14.9 Å². The molecular formula is C22H34N2O3. The number of amides is 1. The van der Waals surface area contributed by atoms with Gasteiger partial charge in [0.15, 0.2) is 0 Å². The summed E-state index contributed by atoms with van der Waals surface area (Å²) in [5.74, 6) is -0.255. The highest BCUT2D eigenvalue weighted by Gasteiger charge is 2.31. The Balaban J connectivity index is 0.000000208. The van der Waals surface area contributed by atoms with Gasteiger partial charge >= 0.3 is 5.97 Å². The quantitative estimate of drug-likeness (QED) is 0.879. The van der Waals surface area contributed by atoms with Crippen molar-refractivity contribution < 1.29 is 14.7 Å². The second-order valence-electron chi connectivity index (χ2n) is 7.81. The Morgan fingerprint density at radius 1 is 1.19 bits per heavy atom. The van der Waals surface area contributed by atoms with Crippen LogP contribution in [-0.4, -0.2) is 59.0 Å². The minimum Gasteiger partial charge on any atom is -0.480 e. The third-order valence-electron chi connectivity index (χ3n) is 6.03. The first kappa shape index (κ1) is 21.4. The first-order valence-corrected chi connectivity index (χ1v) is 10.1. The lowest BCUT2D eigenvalue weighted by Crippen LogP contribution is -2.38. The summed E-state index contributed by atoms with van der Waals surface area (Å²) in [6.45, 7) is 7.84. The molecule has 1 amide bonds. The molecule has 0 aliphatic carbocycles. The lowest BCUT2D eigenvalue weighted by molar-refractivity contribution is -0.147. The lowest BCUT2D eigenvalue weighted by Gasteiger charge is -2.36. The Kier molecular flexibility index (Phi) is 7.84. The molecule has 1 aromatic carbocycles. The number of likely N-dealkylation sites (tertiary alicyclic amines) is 2. The lowest BCUT2D eigenvalue weighted by atomic mass is 9.83. The number of piperidine rings is 1. The number of carbonyl (C=O) groups is 2. The molecule has 150 valence electrons. The van der Waals surface area contributed by atoms with Crippen molar-refractivity contribution in [3.63, 3.8) is 0 Å². The van der Waals surface area contributed by atoms with Crippen molar-refractivity contribution in [3.05, 3.63) is 35.4 Å². The molecule has 1 aromatic rings. The van der Waals surface area contributed by atoms with Gasteiger partial charge in [-0.25, -0.2) is 4.79 Å². The van der Waals surface area contributed by atoms with Gasteiger partial charge in [0.25, 0.3) is 0 Å². The van der Waals surface area contributed by atoms with Gasteiger partial charge in [0.05, 0.1) is 0 Å². The highest BCUT2D eigenvalue weighted by molar-refractivity contribution is 5.82. The molecule has 0 saturated carbocycles. The Labute approximate surface area is 163 Å². The standard InChI is InChI=1S/C15H23N.C7H11NO3/c1-4-13-7-5-6-8-15(13)14-9-10-16(3)12(2)11-14;1-5(9)8-4-2-3-6(8)7(10)11/h5-8,12,14H,4,9-11H2,1-3H3;6H,2-4H2,1H3,(H,10,11). The maximum atomic E-state index is 10.8. The van der Waals surface area contributed by atoms with Crippen LogP contribution < -0.4 is 0 Å². The third-order valence-corrected chi connectivity index (χ3v) is 6.03. The second kappa shape index (κ2) is 9.88. The predicted octanol–water partition coefficient (Wildman–Crippen LogP) is 3.53. The fraction of sp³-hybridized carbons (Fsp3) is 0.636. The van der Waals surface area contributed by atoms with Crippen molar-refractivity contribution in [3.8, 4) is 0 Å². The van der Waals surface area contributed by atoms with Crippen LogP contribution in [0.4, 0.5) is 0 Å². The molecule has 3 rings (SSSR count). The number of rotatable bonds is 3. The zero-order valence-electron chi connectivity index (χ0n) is 17.1. The predicted molar refractivity (Wildman–Crippen MR) is 108 cm³/mol. The fourth-order valence-corrected chi connectivity index (χ4v) is 4.23. The maximum absolute atomic E-state index is 10.8. The maximum Gasteiger partial charge on any atom is 0.326 e. The van der Waals surface area contributed by atoms with Gasteiger partial charge in [-0.2, -0.15) is 0 Å². The molecule has 2 aliphatic rings. The average Bonchev–Trinajstić information content (AvgIpc) is 3.15. The molecule has 3 atom stereocenters. The van der Waals surface area contributed by atoms with Gasteiger partial charge in [-0.15, -0.1) is 0 Å². The van der Waals surface area contributed by atoms with Crippen LogP contribution in [0.3, 0.4) is 0 Å². The minimum absolute atomic E-state index is 0.144. The van der Waals surface area contributed by atoms with E-state index in [1.807, 2.05) is 0 Å². The highest BCUT2D eigenvalue weighted by atomic mass is 16.4. The minimum atomic E-state index is -0.891. The molecule has 0 radical (unpaired) electrons. The molecule has 2 heterocycles. The molecule has 2 fully saturated rings. The SMILES string of the molecule is CC(=O)N1CCCC1C(=O)O.CCc1ccccc1C1CCN(C)C(C)C1. The second-order valence-corrected chi connectivity index (χ2v) is 7.81. The molecule has 5 heteroatoms. The van der Waals surface area contributed by atoms with Gasteiger partial charge in [-0.3, -0.25) is 4.79 Å². The number of hydrogen-bond donors (Lipinski definition) is 1. The van der Waals surface area contributed by atoms with Crippen LogP contribution in [0, 0.1) is 0 Å². The first-order valence-electron chi connectivity index (χ1n) is 10.1. The molecular weight excluding hydrogens is 340 g/mol. The largest absolute Gasteiger partial charge is 0.480 e. The van der Waals surface area contributed by atoms with Crippen molar-refractivity contribution in [2.45, 2.75) is 70.9 Å². The van der Waals surface area contributed by atoms with Crippen LogP contribution in [0.25, 0.3) is 0 Å². The number of carboxylic acid groups (broad SMARTS) is 1. The summed E-state index contributed by atoms with van der Waals surface area (Å²) >= 11 is 0. The molecule has 5 nitrogen and oxygen atoms in total. The Bertz CT molecular complexity index is 626. The van der Waals surface area contributed by atoms with E-state index < -0.39 is 12.0 Å². The molecule has 3 unspecified atom stereocenters. The van der Waals surface area contributed by atoms with Crippen molar-refractivity contribution >= 4 is 11.9 Å². The van der Waals surface area contributed by atoms with E-state index in [0.29, 0.717) is 13.0 Å². The number of hydrogen-bond acceptors (Lipinski definition) is 3.